The average molecular weight is 382 g/mol. The van der Waals surface area contributed by atoms with Gasteiger partial charge in [0.05, 0.1) is 24.2 Å². The highest BCUT2D eigenvalue weighted by atomic mass is 35.5. The van der Waals surface area contributed by atoms with E-state index in [1.54, 1.807) is 24.6 Å². The number of carbonyl (C=O) groups is 1. The molecular weight excluding hydrogens is 370 g/mol. The van der Waals surface area contributed by atoms with Crippen LogP contribution in [0.3, 0.4) is 0 Å². The van der Waals surface area contributed by atoms with Gasteiger partial charge in [-0.05, 0) is 24.3 Å². The Labute approximate surface area is 150 Å². The van der Waals surface area contributed by atoms with Gasteiger partial charge in [-0.25, -0.2) is 4.98 Å². The number of rotatable bonds is 7. The third-order valence-corrected chi connectivity index (χ3v) is 5.08. The van der Waals surface area contributed by atoms with Crippen molar-refractivity contribution in [1.82, 2.24) is 15.2 Å². The van der Waals surface area contributed by atoms with Crippen LogP contribution >= 0.6 is 34.7 Å². The van der Waals surface area contributed by atoms with Gasteiger partial charge in [0.1, 0.15) is 5.76 Å². The molecule has 0 aliphatic carbocycles. The molecule has 0 radical (unpaired) electrons. The Bertz CT molecular complexity index is 809. The van der Waals surface area contributed by atoms with Gasteiger partial charge in [-0.1, -0.05) is 34.7 Å². The van der Waals surface area contributed by atoms with E-state index in [1.807, 2.05) is 12.1 Å². The first kappa shape index (κ1) is 16.7. The van der Waals surface area contributed by atoms with Gasteiger partial charge in [-0.3, -0.25) is 4.79 Å². The van der Waals surface area contributed by atoms with Gasteiger partial charge in [-0.15, -0.1) is 10.2 Å². The fourth-order valence-electron chi connectivity index (χ4n) is 1.71. The maximum atomic E-state index is 11.9. The zero-order chi connectivity index (χ0) is 16.8. The van der Waals surface area contributed by atoms with Gasteiger partial charge in [0.15, 0.2) is 9.49 Å². The first-order chi connectivity index (χ1) is 11.7. The molecular formula is C14H12ClN5O2S2. The first-order valence-corrected chi connectivity index (χ1v) is 9.01. The molecule has 3 aromatic heterocycles. The van der Waals surface area contributed by atoms with Gasteiger partial charge >= 0.3 is 0 Å². The van der Waals surface area contributed by atoms with E-state index in [1.165, 1.54) is 23.1 Å². The number of carbonyl (C=O) groups excluding carboxylic acids is 1. The van der Waals surface area contributed by atoms with Crippen LogP contribution < -0.4 is 10.6 Å². The third-order valence-electron chi connectivity index (χ3n) is 2.76. The second-order valence-corrected chi connectivity index (χ2v) is 7.04. The second kappa shape index (κ2) is 8.13. The lowest BCUT2D eigenvalue weighted by Crippen LogP contribution is -2.14. The standard InChI is InChI=1S/C14H12ClN5O2S2/c15-12-10(4-1-5-16-12)18-11(21)8-23-14-20-19-13(24-14)17-7-9-3-2-6-22-9/h1-6H,7-8H2,(H,17,19)(H,18,21). The maximum absolute atomic E-state index is 11.9. The van der Waals surface area contributed by atoms with E-state index in [2.05, 4.69) is 25.8 Å². The Morgan fingerprint density at radius 1 is 1.33 bits per heavy atom. The van der Waals surface area contributed by atoms with E-state index in [0.717, 1.165) is 5.76 Å². The maximum Gasteiger partial charge on any atom is 0.234 e. The molecule has 0 unspecified atom stereocenters. The highest BCUT2D eigenvalue weighted by molar-refractivity contribution is 8.01. The van der Waals surface area contributed by atoms with Gasteiger partial charge < -0.3 is 15.1 Å². The number of pyridine rings is 1. The minimum absolute atomic E-state index is 0.185. The molecule has 1 amide bonds. The molecule has 0 fully saturated rings. The number of amides is 1. The van der Waals surface area contributed by atoms with Gasteiger partial charge in [0, 0.05) is 6.20 Å². The van der Waals surface area contributed by atoms with E-state index in [4.69, 9.17) is 16.0 Å². The van der Waals surface area contributed by atoms with Crippen LogP contribution in [0, 0.1) is 0 Å². The van der Waals surface area contributed by atoms with Crippen molar-refractivity contribution >= 4 is 51.4 Å². The van der Waals surface area contributed by atoms with Crippen molar-refractivity contribution in [2.75, 3.05) is 16.4 Å². The molecule has 0 bridgehead atoms. The summed E-state index contributed by atoms with van der Waals surface area (Å²) in [5.41, 5.74) is 0.489. The Kier molecular flexibility index (Phi) is 5.68. The molecule has 3 rings (SSSR count). The van der Waals surface area contributed by atoms with Crippen molar-refractivity contribution in [2.45, 2.75) is 10.9 Å². The molecule has 3 aromatic rings. The zero-order valence-corrected chi connectivity index (χ0v) is 14.6. The lowest BCUT2D eigenvalue weighted by molar-refractivity contribution is -0.113. The Morgan fingerprint density at radius 2 is 2.25 bits per heavy atom. The normalized spacial score (nSPS) is 10.5. The lowest BCUT2D eigenvalue weighted by atomic mass is 10.4. The van der Waals surface area contributed by atoms with Crippen LogP contribution in [0.1, 0.15) is 5.76 Å². The minimum Gasteiger partial charge on any atom is -0.467 e. The average Bonchev–Trinajstić information content (AvgIpc) is 3.25. The summed E-state index contributed by atoms with van der Waals surface area (Å²) in [4.78, 5) is 15.8. The molecule has 0 aromatic carbocycles. The molecule has 124 valence electrons. The van der Waals surface area contributed by atoms with Gasteiger partial charge in [0.25, 0.3) is 0 Å². The summed E-state index contributed by atoms with van der Waals surface area (Å²) in [5.74, 6) is 0.834. The lowest BCUT2D eigenvalue weighted by Gasteiger charge is -2.04. The van der Waals surface area contributed by atoms with E-state index in [0.29, 0.717) is 21.7 Å². The molecule has 0 saturated carbocycles. The number of furan rings is 1. The highest BCUT2D eigenvalue weighted by Crippen LogP contribution is 2.26. The van der Waals surface area contributed by atoms with Crippen molar-refractivity contribution in [3.63, 3.8) is 0 Å². The van der Waals surface area contributed by atoms with Crippen molar-refractivity contribution in [3.05, 3.63) is 47.6 Å². The summed E-state index contributed by atoms with van der Waals surface area (Å²) >= 11 is 8.58. The quantitative estimate of drug-likeness (QED) is 0.477. The van der Waals surface area contributed by atoms with E-state index in [9.17, 15) is 4.79 Å². The van der Waals surface area contributed by atoms with Crippen molar-refractivity contribution in [1.29, 1.82) is 0 Å². The monoisotopic (exact) mass is 381 g/mol. The summed E-state index contributed by atoms with van der Waals surface area (Å²) in [6, 6.07) is 7.10. The number of halogens is 1. The number of nitrogens with one attached hydrogen (secondary N) is 2. The SMILES string of the molecule is O=C(CSc1nnc(NCc2ccco2)s1)Nc1cccnc1Cl. The van der Waals surface area contributed by atoms with Crippen molar-refractivity contribution < 1.29 is 9.21 Å². The highest BCUT2D eigenvalue weighted by Gasteiger charge is 2.10. The van der Waals surface area contributed by atoms with Gasteiger partial charge in [-0.2, -0.15) is 0 Å². The molecule has 0 aliphatic heterocycles. The van der Waals surface area contributed by atoms with Crippen LogP contribution in [0.5, 0.6) is 0 Å². The van der Waals surface area contributed by atoms with Crippen LogP contribution in [-0.2, 0) is 11.3 Å². The number of aromatic nitrogens is 3. The number of hydrogen-bond donors (Lipinski definition) is 2. The Balaban J connectivity index is 1.46. The predicted molar refractivity (Wildman–Crippen MR) is 94.5 cm³/mol. The van der Waals surface area contributed by atoms with Crippen molar-refractivity contribution in [3.8, 4) is 0 Å². The zero-order valence-electron chi connectivity index (χ0n) is 12.2. The summed E-state index contributed by atoms with van der Waals surface area (Å²) in [6.07, 6.45) is 3.18. The third kappa shape index (κ3) is 4.70. The van der Waals surface area contributed by atoms with Crippen molar-refractivity contribution in [2.24, 2.45) is 0 Å². The predicted octanol–water partition coefficient (Wildman–Crippen LogP) is 3.52. The number of nitrogens with zero attached hydrogens (tertiary/aromatic N) is 3. The molecule has 0 aliphatic rings. The Hall–Kier alpha value is -2.10. The molecule has 7 nitrogen and oxygen atoms in total. The molecule has 24 heavy (non-hydrogen) atoms. The van der Waals surface area contributed by atoms with E-state index in [-0.39, 0.29) is 16.8 Å². The molecule has 2 N–H and O–H groups in total. The van der Waals surface area contributed by atoms with Crippen LogP contribution in [0.25, 0.3) is 0 Å². The molecule has 0 atom stereocenters. The second-order valence-electron chi connectivity index (χ2n) is 4.48. The van der Waals surface area contributed by atoms with Crippen LogP contribution in [0.15, 0.2) is 45.5 Å². The van der Waals surface area contributed by atoms with Crippen LogP contribution in [0.2, 0.25) is 5.15 Å². The summed E-state index contributed by atoms with van der Waals surface area (Å²) < 4.78 is 5.93. The summed E-state index contributed by atoms with van der Waals surface area (Å²) in [7, 11) is 0. The first-order valence-electron chi connectivity index (χ1n) is 6.83. The van der Waals surface area contributed by atoms with E-state index < -0.39 is 0 Å². The molecule has 3 heterocycles. The molecule has 10 heteroatoms. The smallest absolute Gasteiger partial charge is 0.234 e. The van der Waals surface area contributed by atoms with E-state index >= 15 is 0 Å². The minimum atomic E-state index is -0.185. The molecule has 0 spiro atoms. The van der Waals surface area contributed by atoms with Crippen LogP contribution in [-0.4, -0.2) is 26.8 Å². The fraction of sp³-hybridized carbons (Fsp3) is 0.143. The summed E-state index contributed by atoms with van der Waals surface area (Å²) in [5, 5.41) is 14.8. The topological polar surface area (TPSA) is 92.9 Å². The Morgan fingerprint density at radius 3 is 3.04 bits per heavy atom. The largest absolute Gasteiger partial charge is 0.467 e. The fourth-order valence-corrected chi connectivity index (χ4v) is 3.42. The number of thioether (sulfide) groups is 1. The van der Waals surface area contributed by atoms with Crippen LogP contribution in [0.4, 0.5) is 10.8 Å². The number of anilines is 2. The van der Waals surface area contributed by atoms with Gasteiger partial charge in [0.2, 0.25) is 11.0 Å². The number of hydrogen-bond acceptors (Lipinski definition) is 8. The summed E-state index contributed by atoms with van der Waals surface area (Å²) in [6.45, 7) is 0.534. The molecule has 0 saturated heterocycles.